The third-order valence-corrected chi connectivity index (χ3v) is 3.13. The predicted octanol–water partition coefficient (Wildman–Crippen LogP) is 3.12. The summed E-state index contributed by atoms with van der Waals surface area (Å²) in [4.78, 5) is 2.16. The maximum absolute atomic E-state index is 5.39. The average Bonchev–Trinajstić information content (AvgIpc) is 2.84. The molecule has 0 amide bonds. The minimum absolute atomic E-state index is 0.449. The minimum Gasteiger partial charge on any atom is -0.367 e. The van der Waals surface area contributed by atoms with Gasteiger partial charge in [-0.3, -0.25) is 0 Å². The van der Waals surface area contributed by atoms with Gasteiger partial charge >= 0.3 is 0 Å². The number of aromatic nitrogens is 1. The molecule has 4 nitrogen and oxygen atoms in total. The van der Waals surface area contributed by atoms with Crippen LogP contribution in [0, 0.1) is 6.92 Å². The summed E-state index contributed by atoms with van der Waals surface area (Å²) < 4.78 is 5.39. The molecule has 0 bridgehead atoms. The van der Waals surface area contributed by atoms with Gasteiger partial charge < -0.3 is 14.7 Å². The smallest absolute Gasteiger partial charge is 0.156 e. The van der Waals surface area contributed by atoms with E-state index in [2.05, 4.69) is 67.5 Å². The topological polar surface area (TPSA) is 41.3 Å². The number of rotatable bonds is 6. The second kappa shape index (κ2) is 6.57. The van der Waals surface area contributed by atoms with Crippen molar-refractivity contribution in [2.75, 3.05) is 11.9 Å². The van der Waals surface area contributed by atoms with Crippen molar-refractivity contribution >= 4 is 5.69 Å². The molecule has 0 aliphatic rings. The fourth-order valence-electron chi connectivity index (χ4n) is 2.01. The lowest BCUT2D eigenvalue weighted by Gasteiger charge is -2.17. The third-order valence-electron chi connectivity index (χ3n) is 3.13. The number of hydrogen-bond donors (Lipinski definition) is 1. The molecule has 108 valence electrons. The zero-order valence-corrected chi connectivity index (χ0v) is 12.7. The van der Waals surface area contributed by atoms with Crippen molar-refractivity contribution in [3.63, 3.8) is 0 Å². The van der Waals surface area contributed by atoms with Gasteiger partial charge in [-0.15, -0.1) is 0 Å². The van der Waals surface area contributed by atoms with Crippen molar-refractivity contribution < 1.29 is 4.52 Å². The van der Waals surface area contributed by atoms with Gasteiger partial charge in [0.15, 0.2) is 5.76 Å². The van der Waals surface area contributed by atoms with Gasteiger partial charge in [-0.05, 0) is 24.6 Å². The van der Waals surface area contributed by atoms with E-state index < -0.39 is 0 Å². The van der Waals surface area contributed by atoms with Crippen LogP contribution in [0.4, 0.5) is 5.69 Å². The zero-order chi connectivity index (χ0) is 14.5. The molecule has 0 aliphatic heterocycles. The highest BCUT2D eigenvalue weighted by Gasteiger charge is 2.08. The fourth-order valence-corrected chi connectivity index (χ4v) is 2.01. The maximum atomic E-state index is 5.39. The van der Waals surface area contributed by atoms with E-state index in [1.165, 1.54) is 11.3 Å². The predicted molar refractivity (Wildman–Crippen MR) is 81.8 cm³/mol. The van der Waals surface area contributed by atoms with Crippen LogP contribution in [0.25, 0.3) is 0 Å². The van der Waals surface area contributed by atoms with Gasteiger partial charge in [-0.2, -0.15) is 0 Å². The van der Waals surface area contributed by atoms with Crippen molar-refractivity contribution in [3.8, 4) is 0 Å². The van der Waals surface area contributed by atoms with Crippen molar-refractivity contribution in [1.29, 1.82) is 0 Å². The molecule has 0 fully saturated rings. The maximum Gasteiger partial charge on any atom is 0.156 e. The van der Waals surface area contributed by atoms with E-state index in [0.717, 1.165) is 24.5 Å². The standard InChI is InChI=1S/C16H23N3O/c1-12(2)17-10-14-9-16(20-18-14)11-19(4)15-7-5-6-13(3)8-15/h5-9,12,17H,10-11H2,1-4H3. The van der Waals surface area contributed by atoms with Crippen molar-refractivity contribution in [2.24, 2.45) is 0 Å². The van der Waals surface area contributed by atoms with E-state index >= 15 is 0 Å². The summed E-state index contributed by atoms with van der Waals surface area (Å²) in [7, 11) is 2.06. The van der Waals surface area contributed by atoms with Crippen LogP contribution in [0.3, 0.4) is 0 Å². The van der Waals surface area contributed by atoms with Gasteiger partial charge in [-0.25, -0.2) is 0 Å². The highest BCUT2D eigenvalue weighted by atomic mass is 16.5. The van der Waals surface area contributed by atoms with Gasteiger partial charge in [0.1, 0.15) is 0 Å². The lowest BCUT2D eigenvalue weighted by atomic mass is 10.2. The Hall–Kier alpha value is -1.81. The second-order valence-corrected chi connectivity index (χ2v) is 5.52. The first-order valence-electron chi connectivity index (χ1n) is 7.00. The molecule has 2 rings (SSSR count). The Labute approximate surface area is 120 Å². The molecule has 0 unspecified atom stereocenters. The molecule has 0 saturated carbocycles. The first kappa shape index (κ1) is 14.6. The first-order valence-corrected chi connectivity index (χ1v) is 7.00. The van der Waals surface area contributed by atoms with E-state index in [0.29, 0.717) is 6.04 Å². The average molecular weight is 273 g/mol. The van der Waals surface area contributed by atoms with Crippen molar-refractivity contribution in [1.82, 2.24) is 10.5 Å². The SMILES string of the molecule is Cc1cccc(N(C)Cc2cc(CNC(C)C)no2)c1. The van der Waals surface area contributed by atoms with E-state index in [-0.39, 0.29) is 0 Å². The fraction of sp³-hybridized carbons (Fsp3) is 0.438. The van der Waals surface area contributed by atoms with Gasteiger partial charge in [0.25, 0.3) is 0 Å². The van der Waals surface area contributed by atoms with Crippen LogP contribution in [0.5, 0.6) is 0 Å². The molecule has 1 N–H and O–H groups in total. The quantitative estimate of drug-likeness (QED) is 0.878. The van der Waals surface area contributed by atoms with Crippen molar-refractivity contribution in [2.45, 2.75) is 39.9 Å². The molecule has 0 spiro atoms. The van der Waals surface area contributed by atoms with Crippen LogP contribution in [-0.2, 0) is 13.1 Å². The summed E-state index contributed by atoms with van der Waals surface area (Å²) in [5.74, 6) is 0.884. The zero-order valence-electron chi connectivity index (χ0n) is 12.7. The number of aryl methyl sites for hydroxylation is 1. The first-order chi connectivity index (χ1) is 9.54. The summed E-state index contributed by atoms with van der Waals surface area (Å²) in [6, 6.07) is 10.9. The molecule has 0 atom stereocenters. The van der Waals surface area contributed by atoms with Gasteiger partial charge in [-0.1, -0.05) is 31.1 Å². The van der Waals surface area contributed by atoms with Crippen LogP contribution >= 0.6 is 0 Å². The highest BCUT2D eigenvalue weighted by Crippen LogP contribution is 2.17. The molecule has 20 heavy (non-hydrogen) atoms. The number of nitrogens with zero attached hydrogens (tertiary/aromatic N) is 2. The molecule has 0 saturated heterocycles. The van der Waals surface area contributed by atoms with Gasteiger partial charge in [0.2, 0.25) is 0 Å². The Morgan fingerprint density at radius 3 is 2.80 bits per heavy atom. The Kier molecular flexibility index (Phi) is 4.79. The summed E-state index contributed by atoms with van der Waals surface area (Å²) in [5.41, 5.74) is 3.39. The largest absolute Gasteiger partial charge is 0.367 e. The van der Waals surface area contributed by atoms with Crippen LogP contribution in [0.1, 0.15) is 30.9 Å². The molecule has 1 aromatic heterocycles. The molecule has 1 heterocycles. The number of nitrogens with one attached hydrogen (secondary N) is 1. The van der Waals surface area contributed by atoms with Gasteiger partial charge in [0, 0.05) is 31.4 Å². The lowest BCUT2D eigenvalue weighted by Crippen LogP contribution is -2.21. The van der Waals surface area contributed by atoms with Crippen molar-refractivity contribution in [3.05, 3.63) is 47.3 Å². The summed E-state index contributed by atoms with van der Waals surface area (Å²) >= 11 is 0. The monoisotopic (exact) mass is 273 g/mol. The molecular weight excluding hydrogens is 250 g/mol. The number of benzene rings is 1. The Morgan fingerprint density at radius 1 is 1.30 bits per heavy atom. The summed E-state index contributed by atoms with van der Waals surface area (Å²) in [6.45, 7) is 7.80. The molecule has 4 heteroatoms. The molecule has 0 aliphatic carbocycles. The Bertz CT molecular complexity index is 548. The van der Waals surface area contributed by atoms with Crippen LogP contribution in [0.15, 0.2) is 34.9 Å². The lowest BCUT2D eigenvalue weighted by molar-refractivity contribution is 0.374. The third kappa shape index (κ3) is 4.10. The summed E-state index contributed by atoms with van der Waals surface area (Å²) in [6.07, 6.45) is 0. The highest BCUT2D eigenvalue weighted by molar-refractivity contribution is 5.47. The Balaban J connectivity index is 1.96. The van der Waals surface area contributed by atoms with E-state index in [1.54, 1.807) is 0 Å². The molecule has 1 aromatic carbocycles. The molecule has 2 aromatic rings. The van der Waals surface area contributed by atoms with Crippen LogP contribution < -0.4 is 10.2 Å². The normalized spacial score (nSPS) is 11.1. The van der Waals surface area contributed by atoms with Crippen LogP contribution in [-0.4, -0.2) is 18.2 Å². The van der Waals surface area contributed by atoms with E-state index in [9.17, 15) is 0 Å². The molecular formula is C16H23N3O. The molecule has 0 radical (unpaired) electrons. The van der Waals surface area contributed by atoms with Gasteiger partial charge in [0.05, 0.1) is 12.2 Å². The van der Waals surface area contributed by atoms with E-state index in [1.807, 2.05) is 6.07 Å². The summed E-state index contributed by atoms with van der Waals surface area (Å²) in [5, 5.41) is 7.42. The second-order valence-electron chi connectivity index (χ2n) is 5.52. The Morgan fingerprint density at radius 2 is 2.10 bits per heavy atom. The number of anilines is 1. The minimum atomic E-state index is 0.449. The van der Waals surface area contributed by atoms with Crippen LogP contribution in [0.2, 0.25) is 0 Å². The number of hydrogen-bond acceptors (Lipinski definition) is 4. The van der Waals surface area contributed by atoms with E-state index in [4.69, 9.17) is 4.52 Å².